The van der Waals surface area contributed by atoms with Gasteiger partial charge in [-0.05, 0) is 19.9 Å². The second-order valence-electron chi connectivity index (χ2n) is 6.53. The van der Waals surface area contributed by atoms with E-state index in [0.717, 1.165) is 13.1 Å². The molecule has 0 aliphatic carbocycles. The predicted molar refractivity (Wildman–Crippen MR) is 97.2 cm³/mol. The highest BCUT2D eigenvalue weighted by atomic mass is 35.5. The summed E-state index contributed by atoms with van der Waals surface area (Å²) in [7, 11) is -3.80. The molecule has 2 atom stereocenters. The van der Waals surface area contributed by atoms with Crippen molar-refractivity contribution in [2.75, 3.05) is 38.1 Å². The number of sulfonamides is 1. The van der Waals surface area contributed by atoms with Crippen LogP contribution in [0.2, 0.25) is 5.02 Å². The zero-order chi connectivity index (χ0) is 18.9. The van der Waals surface area contributed by atoms with Gasteiger partial charge >= 0.3 is 0 Å². The van der Waals surface area contributed by atoms with Gasteiger partial charge in [-0.3, -0.25) is 9.69 Å². The Bertz CT molecular complexity index is 791. The van der Waals surface area contributed by atoms with Gasteiger partial charge in [-0.15, -0.1) is 0 Å². The van der Waals surface area contributed by atoms with Gasteiger partial charge in [-0.2, -0.15) is 0 Å². The van der Waals surface area contributed by atoms with E-state index in [1.165, 1.54) is 12.1 Å². The van der Waals surface area contributed by atoms with E-state index in [4.69, 9.17) is 21.1 Å². The molecule has 26 heavy (non-hydrogen) atoms. The normalized spacial score (nSPS) is 23.9. The summed E-state index contributed by atoms with van der Waals surface area (Å²) in [6.07, 6.45) is 0.246. The average molecular weight is 404 g/mol. The number of nitrogens with one attached hydrogen (secondary N) is 2. The highest BCUT2D eigenvalue weighted by Crippen LogP contribution is 2.35. The maximum atomic E-state index is 12.6. The van der Waals surface area contributed by atoms with E-state index >= 15 is 0 Å². The van der Waals surface area contributed by atoms with Crippen molar-refractivity contribution in [3.05, 3.63) is 17.2 Å². The second-order valence-corrected chi connectivity index (χ2v) is 8.67. The van der Waals surface area contributed by atoms with Gasteiger partial charge < -0.3 is 14.8 Å². The van der Waals surface area contributed by atoms with Gasteiger partial charge in [0.25, 0.3) is 5.91 Å². The number of amides is 1. The number of benzene rings is 1. The summed E-state index contributed by atoms with van der Waals surface area (Å²) in [6.45, 7) is 6.20. The molecule has 144 valence electrons. The number of ether oxygens (including phenoxy) is 2. The molecule has 1 aromatic rings. The smallest absolute Gasteiger partial charge is 0.262 e. The molecular weight excluding hydrogens is 382 g/mol. The number of hydrogen-bond acceptors (Lipinski definition) is 6. The minimum atomic E-state index is -3.80. The molecule has 0 saturated carbocycles. The molecular formula is C16H22ClN3O5S. The Hall–Kier alpha value is -1.39. The quantitative estimate of drug-likeness (QED) is 0.763. The standard InChI is InChI=1S/C16H22ClN3O5S/c1-10-7-20(8-11(2)25-10)4-3-18-26(22,23)15-6-14-13(5-12(15)17)19-16(21)9-24-14/h5-6,10-11,18H,3-4,7-9H2,1-2H3,(H,19,21). The molecule has 8 nitrogen and oxygen atoms in total. The summed E-state index contributed by atoms with van der Waals surface area (Å²) in [6, 6.07) is 2.71. The minimum absolute atomic E-state index is 0.0238. The molecule has 10 heteroatoms. The van der Waals surface area contributed by atoms with Crippen molar-refractivity contribution >= 4 is 33.2 Å². The van der Waals surface area contributed by atoms with Gasteiger partial charge in [0, 0.05) is 32.2 Å². The van der Waals surface area contributed by atoms with Crippen LogP contribution in [0, 0.1) is 0 Å². The molecule has 2 aliphatic heterocycles. The number of halogens is 1. The monoisotopic (exact) mass is 403 g/mol. The van der Waals surface area contributed by atoms with Crippen LogP contribution in [0.25, 0.3) is 0 Å². The van der Waals surface area contributed by atoms with E-state index in [9.17, 15) is 13.2 Å². The molecule has 1 aromatic carbocycles. The summed E-state index contributed by atoms with van der Waals surface area (Å²) in [5.41, 5.74) is 0.362. The first-order chi connectivity index (χ1) is 12.2. The van der Waals surface area contributed by atoms with Gasteiger partial charge in [-0.1, -0.05) is 11.6 Å². The predicted octanol–water partition coefficient (Wildman–Crippen LogP) is 1.06. The first-order valence-electron chi connectivity index (χ1n) is 8.38. The molecule has 0 bridgehead atoms. The molecule has 3 rings (SSSR count). The lowest BCUT2D eigenvalue weighted by molar-refractivity contribution is -0.118. The van der Waals surface area contributed by atoms with Gasteiger partial charge in [-0.25, -0.2) is 13.1 Å². The van der Waals surface area contributed by atoms with Crippen molar-refractivity contribution in [1.29, 1.82) is 0 Å². The van der Waals surface area contributed by atoms with E-state index < -0.39 is 10.0 Å². The Labute approximate surface area is 157 Å². The lowest BCUT2D eigenvalue weighted by Crippen LogP contribution is -2.47. The van der Waals surface area contributed by atoms with Crippen LogP contribution in [0.15, 0.2) is 17.0 Å². The zero-order valence-electron chi connectivity index (χ0n) is 14.6. The highest BCUT2D eigenvalue weighted by molar-refractivity contribution is 7.89. The van der Waals surface area contributed by atoms with Crippen LogP contribution in [0.4, 0.5) is 5.69 Å². The lowest BCUT2D eigenvalue weighted by Gasteiger charge is -2.35. The van der Waals surface area contributed by atoms with Crippen LogP contribution in [0.3, 0.4) is 0 Å². The number of fused-ring (bicyclic) bond motifs is 1. The van der Waals surface area contributed by atoms with Crippen LogP contribution in [0.5, 0.6) is 5.75 Å². The molecule has 2 aliphatic rings. The second kappa shape index (κ2) is 7.69. The lowest BCUT2D eigenvalue weighted by atomic mass is 10.2. The molecule has 1 fully saturated rings. The van der Waals surface area contributed by atoms with Gasteiger partial charge in [0.05, 0.1) is 22.9 Å². The molecule has 1 saturated heterocycles. The minimum Gasteiger partial charge on any atom is -0.482 e. The summed E-state index contributed by atoms with van der Waals surface area (Å²) in [4.78, 5) is 13.4. The fourth-order valence-corrected chi connectivity index (χ4v) is 4.73. The third-order valence-electron chi connectivity index (χ3n) is 4.17. The van der Waals surface area contributed by atoms with Crippen molar-refractivity contribution in [3.63, 3.8) is 0 Å². The van der Waals surface area contributed by atoms with Crippen LogP contribution < -0.4 is 14.8 Å². The molecule has 2 N–H and O–H groups in total. The SMILES string of the molecule is CC1CN(CCNS(=O)(=O)c2cc3c(cc2Cl)NC(=O)CO3)CC(C)O1. The third kappa shape index (κ3) is 4.47. The Balaban J connectivity index is 1.66. The zero-order valence-corrected chi connectivity index (χ0v) is 16.2. The van der Waals surface area contributed by atoms with Gasteiger partial charge in [0.15, 0.2) is 6.61 Å². The molecule has 0 radical (unpaired) electrons. The van der Waals surface area contributed by atoms with Gasteiger partial charge in [0.1, 0.15) is 10.6 Å². The van der Waals surface area contributed by atoms with E-state index in [1.54, 1.807) is 0 Å². The number of carbonyl (C=O) groups is 1. The number of nitrogens with zero attached hydrogens (tertiary/aromatic N) is 1. The van der Waals surface area contributed by atoms with E-state index in [-0.39, 0.29) is 46.9 Å². The molecule has 2 unspecified atom stereocenters. The van der Waals surface area contributed by atoms with Crippen molar-refractivity contribution < 1.29 is 22.7 Å². The number of morpholine rings is 1. The van der Waals surface area contributed by atoms with E-state index in [0.29, 0.717) is 12.2 Å². The first kappa shape index (κ1) is 19.4. The molecule has 2 heterocycles. The van der Waals surface area contributed by atoms with E-state index in [1.807, 2.05) is 13.8 Å². The Morgan fingerprint density at radius 1 is 1.31 bits per heavy atom. The van der Waals surface area contributed by atoms with Crippen LogP contribution in [-0.4, -0.2) is 64.2 Å². The molecule has 1 amide bonds. The molecule has 0 aromatic heterocycles. The highest BCUT2D eigenvalue weighted by Gasteiger charge is 2.25. The van der Waals surface area contributed by atoms with Gasteiger partial charge in [0.2, 0.25) is 10.0 Å². The summed E-state index contributed by atoms with van der Waals surface area (Å²) >= 11 is 6.11. The maximum Gasteiger partial charge on any atom is 0.262 e. The fourth-order valence-electron chi connectivity index (χ4n) is 3.17. The van der Waals surface area contributed by atoms with Crippen LogP contribution >= 0.6 is 11.6 Å². The average Bonchev–Trinajstić information content (AvgIpc) is 2.52. The number of hydrogen-bond donors (Lipinski definition) is 2. The largest absolute Gasteiger partial charge is 0.482 e. The maximum absolute atomic E-state index is 12.6. The number of carbonyl (C=O) groups excluding carboxylic acids is 1. The Morgan fingerprint density at radius 3 is 2.69 bits per heavy atom. The summed E-state index contributed by atoms with van der Waals surface area (Å²) in [5.74, 6) is -0.0264. The number of anilines is 1. The number of rotatable bonds is 5. The third-order valence-corrected chi connectivity index (χ3v) is 6.10. The topological polar surface area (TPSA) is 97.0 Å². The van der Waals surface area contributed by atoms with Crippen molar-refractivity contribution in [1.82, 2.24) is 9.62 Å². The Kier molecular flexibility index (Phi) is 5.73. The van der Waals surface area contributed by atoms with Crippen LogP contribution in [0.1, 0.15) is 13.8 Å². The van der Waals surface area contributed by atoms with Crippen molar-refractivity contribution in [3.8, 4) is 5.75 Å². The fraction of sp³-hybridized carbons (Fsp3) is 0.562. The van der Waals surface area contributed by atoms with Crippen LogP contribution in [-0.2, 0) is 19.6 Å². The molecule has 0 spiro atoms. The van der Waals surface area contributed by atoms with E-state index in [2.05, 4.69) is 14.9 Å². The van der Waals surface area contributed by atoms with Crippen molar-refractivity contribution in [2.24, 2.45) is 0 Å². The van der Waals surface area contributed by atoms with Crippen molar-refractivity contribution in [2.45, 2.75) is 31.0 Å². The summed E-state index contributed by atoms with van der Waals surface area (Å²) < 4.78 is 38.7. The Morgan fingerprint density at radius 2 is 2.00 bits per heavy atom. The summed E-state index contributed by atoms with van der Waals surface area (Å²) in [5, 5.41) is 2.62. The first-order valence-corrected chi connectivity index (χ1v) is 10.2.